The van der Waals surface area contributed by atoms with Gasteiger partial charge in [0.1, 0.15) is 11.5 Å². The van der Waals surface area contributed by atoms with Gasteiger partial charge in [-0.3, -0.25) is 4.79 Å². The van der Waals surface area contributed by atoms with Gasteiger partial charge in [-0.25, -0.2) is 0 Å². The van der Waals surface area contributed by atoms with Crippen molar-refractivity contribution in [2.45, 2.75) is 13.8 Å². The van der Waals surface area contributed by atoms with Gasteiger partial charge < -0.3 is 9.15 Å². The summed E-state index contributed by atoms with van der Waals surface area (Å²) in [6.45, 7) is 4.20. The summed E-state index contributed by atoms with van der Waals surface area (Å²) in [5, 5.41) is 0. The van der Waals surface area contributed by atoms with Crippen LogP contribution in [0.1, 0.15) is 28.8 Å². The maximum absolute atomic E-state index is 12.3. The van der Waals surface area contributed by atoms with E-state index in [0.29, 0.717) is 29.4 Å². The Morgan fingerprint density at radius 3 is 2.72 bits per heavy atom. The van der Waals surface area contributed by atoms with Crippen LogP contribution in [0.5, 0.6) is 5.75 Å². The second-order valence-electron chi connectivity index (χ2n) is 3.81. The smallest absolute Gasteiger partial charge is 0.231 e. The lowest BCUT2D eigenvalue weighted by atomic mass is 10.1. The van der Waals surface area contributed by atoms with Crippen molar-refractivity contribution in [3.63, 3.8) is 0 Å². The predicted octanol–water partition coefficient (Wildman–Crippen LogP) is 3.98. The summed E-state index contributed by atoms with van der Waals surface area (Å²) in [5.74, 6) is 1.44. The first kappa shape index (κ1) is 12.9. The van der Waals surface area contributed by atoms with Gasteiger partial charge in [0, 0.05) is 4.47 Å². The molecule has 0 saturated heterocycles. The highest BCUT2D eigenvalue weighted by Gasteiger charge is 2.18. The fourth-order valence-corrected chi connectivity index (χ4v) is 2.01. The lowest BCUT2D eigenvalue weighted by molar-refractivity contribution is 0.100. The van der Waals surface area contributed by atoms with Crippen LogP contribution in [0.3, 0.4) is 0 Å². The van der Waals surface area contributed by atoms with E-state index in [0.717, 1.165) is 4.47 Å². The van der Waals surface area contributed by atoms with E-state index in [1.54, 1.807) is 31.2 Å². The lowest BCUT2D eigenvalue weighted by Crippen LogP contribution is -2.04. The summed E-state index contributed by atoms with van der Waals surface area (Å²) in [6, 6.07) is 8.80. The second kappa shape index (κ2) is 5.40. The number of carbonyl (C=O) groups excluding carboxylic acids is 1. The number of hydrogen-bond acceptors (Lipinski definition) is 3. The molecule has 0 N–H and O–H groups in total. The van der Waals surface area contributed by atoms with Crippen LogP contribution in [-0.2, 0) is 0 Å². The Balaban J connectivity index is 2.42. The zero-order valence-corrected chi connectivity index (χ0v) is 11.8. The fourth-order valence-electron chi connectivity index (χ4n) is 1.65. The van der Waals surface area contributed by atoms with Gasteiger partial charge in [-0.1, -0.05) is 15.9 Å². The number of benzene rings is 1. The molecule has 3 nitrogen and oxygen atoms in total. The molecule has 0 saturated carbocycles. The largest absolute Gasteiger partial charge is 0.493 e. The van der Waals surface area contributed by atoms with Gasteiger partial charge in [0.05, 0.1) is 12.2 Å². The Labute approximate surface area is 114 Å². The van der Waals surface area contributed by atoms with Gasteiger partial charge in [0.25, 0.3) is 0 Å². The molecule has 4 heteroatoms. The Morgan fingerprint density at radius 2 is 2.11 bits per heavy atom. The Bertz CT molecular complexity index is 572. The van der Waals surface area contributed by atoms with E-state index in [1.807, 2.05) is 13.0 Å². The van der Waals surface area contributed by atoms with E-state index in [4.69, 9.17) is 9.15 Å². The van der Waals surface area contributed by atoms with E-state index in [-0.39, 0.29) is 5.78 Å². The zero-order chi connectivity index (χ0) is 13.1. The standard InChI is InChI=1S/C14H13BrO3/c1-3-17-12-7-5-10(15)8-11(12)14(16)13-6-4-9(2)18-13/h4-8H,3H2,1-2H3. The highest BCUT2D eigenvalue weighted by molar-refractivity contribution is 9.10. The van der Waals surface area contributed by atoms with Crippen LogP contribution in [0, 0.1) is 6.92 Å². The molecule has 0 unspecified atom stereocenters. The minimum Gasteiger partial charge on any atom is -0.493 e. The van der Waals surface area contributed by atoms with Crippen molar-refractivity contribution in [3.8, 4) is 5.75 Å². The number of furan rings is 1. The van der Waals surface area contributed by atoms with E-state index < -0.39 is 0 Å². The summed E-state index contributed by atoms with van der Waals surface area (Å²) in [5.41, 5.74) is 0.501. The van der Waals surface area contributed by atoms with Crippen LogP contribution < -0.4 is 4.74 Å². The first-order valence-corrected chi connectivity index (χ1v) is 6.44. The molecule has 1 aromatic heterocycles. The number of aryl methyl sites for hydroxylation is 1. The van der Waals surface area contributed by atoms with Crippen molar-refractivity contribution in [2.24, 2.45) is 0 Å². The van der Waals surface area contributed by atoms with Crippen molar-refractivity contribution in [1.82, 2.24) is 0 Å². The van der Waals surface area contributed by atoms with Crippen LogP contribution in [-0.4, -0.2) is 12.4 Å². The molecule has 1 heterocycles. The topological polar surface area (TPSA) is 39.4 Å². The average Bonchev–Trinajstić information content (AvgIpc) is 2.77. The highest BCUT2D eigenvalue weighted by Crippen LogP contribution is 2.26. The maximum Gasteiger partial charge on any atom is 0.231 e. The molecule has 0 aliphatic rings. The van der Waals surface area contributed by atoms with Gasteiger partial charge in [0.15, 0.2) is 5.76 Å². The number of carbonyl (C=O) groups is 1. The Morgan fingerprint density at radius 1 is 1.33 bits per heavy atom. The third-order valence-corrected chi connectivity index (χ3v) is 2.94. The number of rotatable bonds is 4. The molecule has 0 aliphatic heterocycles. The first-order valence-electron chi connectivity index (χ1n) is 5.65. The van der Waals surface area contributed by atoms with Crippen molar-refractivity contribution >= 4 is 21.7 Å². The predicted molar refractivity (Wildman–Crippen MR) is 72.2 cm³/mol. The van der Waals surface area contributed by atoms with Gasteiger partial charge >= 0.3 is 0 Å². The summed E-state index contributed by atoms with van der Waals surface area (Å²) in [7, 11) is 0. The molecule has 0 atom stereocenters. The average molecular weight is 309 g/mol. The monoisotopic (exact) mass is 308 g/mol. The highest BCUT2D eigenvalue weighted by atomic mass is 79.9. The van der Waals surface area contributed by atoms with Crippen molar-refractivity contribution in [1.29, 1.82) is 0 Å². The molecule has 94 valence electrons. The Kier molecular flexibility index (Phi) is 3.87. The van der Waals surface area contributed by atoms with Gasteiger partial charge in [-0.05, 0) is 44.2 Å². The van der Waals surface area contributed by atoms with Gasteiger partial charge in [-0.15, -0.1) is 0 Å². The molecule has 2 aromatic rings. The van der Waals surface area contributed by atoms with Crippen molar-refractivity contribution in [2.75, 3.05) is 6.61 Å². The van der Waals surface area contributed by atoms with Gasteiger partial charge in [-0.2, -0.15) is 0 Å². The molecule has 0 fully saturated rings. The summed E-state index contributed by atoms with van der Waals surface area (Å²) < 4.78 is 11.6. The minimum absolute atomic E-state index is 0.173. The third-order valence-electron chi connectivity index (χ3n) is 2.45. The minimum atomic E-state index is -0.173. The third kappa shape index (κ3) is 2.64. The summed E-state index contributed by atoms with van der Waals surface area (Å²) in [4.78, 5) is 12.3. The molecule has 1 aromatic carbocycles. The molecular weight excluding hydrogens is 296 g/mol. The number of hydrogen-bond donors (Lipinski definition) is 0. The quantitative estimate of drug-likeness (QED) is 0.802. The zero-order valence-electron chi connectivity index (χ0n) is 10.2. The molecule has 0 amide bonds. The summed E-state index contributed by atoms with van der Waals surface area (Å²) >= 11 is 3.36. The van der Waals surface area contributed by atoms with Crippen LogP contribution >= 0.6 is 15.9 Å². The lowest BCUT2D eigenvalue weighted by Gasteiger charge is -2.08. The SMILES string of the molecule is CCOc1ccc(Br)cc1C(=O)c1ccc(C)o1. The Hall–Kier alpha value is -1.55. The molecule has 0 aliphatic carbocycles. The molecule has 0 bridgehead atoms. The van der Waals surface area contributed by atoms with Crippen LogP contribution in [0.2, 0.25) is 0 Å². The number of halogens is 1. The van der Waals surface area contributed by atoms with Gasteiger partial charge in [0.2, 0.25) is 5.78 Å². The van der Waals surface area contributed by atoms with Crippen LogP contribution in [0.4, 0.5) is 0 Å². The molecule has 2 rings (SSSR count). The number of ketones is 1. The van der Waals surface area contributed by atoms with Crippen molar-refractivity contribution < 1.29 is 13.9 Å². The number of ether oxygens (including phenoxy) is 1. The molecule has 0 radical (unpaired) electrons. The molecule has 0 spiro atoms. The van der Waals surface area contributed by atoms with E-state index in [1.165, 1.54) is 0 Å². The second-order valence-corrected chi connectivity index (χ2v) is 4.73. The summed E-state index contributed by atoms with van der Waals surface area (Å²) in [6.07, 6.45) is 0. The maximum atomic E-state index is 12.3. The van der Waals surface area contributed by atoms with Crippen molar-refractivity contribution in [3.05, 3.63) is 51.9 Å². The molecule has 18 heavy (non-hydrogen) atoms. The molecular formula is C14H13BrO3. The first-order chi connectivity index (χ1) is 8.61. The van der Waals surface area contributed by atoms with E-state index >= 15 is 0 Å². The van der Waals surface area contributed by atoms with E-state index in [9.17, 15) is 4.79 Å². The van der Waals surface area contributed by atoms with E-state index in [2.05, 4.69) is 15.9 Å². The normalized spacial score (nSPS) is 10.4. The van der Waals surface area contributed by atoms with Crippen LogP contribution in [0.15, 0.2) is 39.2 Å². The van der Waals surface area contributed by atoms with Crippen LogP contribution in [0.25, 0.3) is 0 Å². The fraction of sp³-hybridized carbons (Fsp3) is 0.214.